The van der Waals surface area contributed by atoms with Gasteiger partial charge in [0.05, 0.1) is 11.7 Å². The number of nitrogens with one attached hydrogen (secondary N) is 2. The van der Waals surface area contributed by atoms with Gasteiger partial charge in [0.15, 0.2) is 5.76 Å². The zero-order valence-electron chi connectivity index (χ0n) is 11.4. The molecule has 3 aromatic rings. The summed E-state index contributed by atoms with van der Waals surface area (Å²) in [6.45, 7) is 0. The summed E-state index contributed by atoms with van der Waals surface area (Å²) in [5.74, 6) is 0.561. The number of halogens is 1. The van der Waals surface area contributed by atoms with E-state index >= 15 is 0 Å². The van der Waals surface area contributed by atoms with Gasteiger partial charge in [0, 0.05) is 27.3 Å². The molecule has 0 spiro atoms. The number of aromatic hydroxyl groups is 1. The molecule has 1 aromatic carbocycles. The van der Waals surface area contributed by atoms with E-state index in [1.54, 1.807) is 24.7 Å². The number of aromatic nitrogens is 2. The number of H-pyrrole nitrogens is 1. The van der Waals surface area contributed by atoms with Gasteiger partial charge in [-0.15, -0.1) is 0 Å². The summed E-state index contributed by atoms with van der Waals surface area (Å²) in [5.41, 5.74) is 1.04. The minimum Gasteiger partial charge on any atom is -0.508 e. The lowest BCUT2D eigenvalue weighted by Crippen LogP contribution is -2.00. The molecule has 0 saturated carbocycles. The summed E-state index contributed by atoms with van der Waals surface area (Å²) in [7, 11) is 0. The summed E-state index contributed by atoms with van der Waals surface area (Å²) in [6.07, 6.45) is 3.32. The Morgan fingerprint density at radius 1 is 1.18 bits per heavy atom. The molecule has 0 bridgehead atoms. The van der Waals surface area contributed by atoms with Crippen LogP contribution < -0.4 is 5.36 Å². The summed E-state index contributed by atoms with van der Waals surface area (Å²) in [4.78, 5) is 7.24. The second-order valence-corrected chi connectivity index (χ2v) is 5.82. The second kappa shape index (κ2) is 6.18. The van der Waals surface area contributed by atoms with Crippen molar-refractivity contribution < 1.29 is 9.52 Å². The number of rotatable bonds is 1. The molecule has 0 unspecified atom stereocenters. The molecule has 22 heavy (non-hydrogen) atoms. The Morgan fingerprint density at radius 2 is 2.05 bits per heavy atom. The summed E-state index contributed by atoms with van der Waals surface area (Å²) >= 11 is 2.19. The highest BCUT2D eigenvalue weighted by molar-refractivity contribution is 14.1. The number of aromatic amines is 1. The molecular formula is C16H12IN3O2. The summed E-state index contributed by atoms with van der Waals surface area (Å²) in [6, 6.07) is 12.0. The first-order valence-corrected chi connectivity index (χ1v) is 7.56. The molecule has 0 aliphatic heterocycles. The highest BCUT2D eigenvalue weighted by atomic mass is 127. The number of phenolic OH excluding ortho intramolecular Hbond substituents is 1. The van der Waals surface area contributed by atoms with Crippen molar-refractivity contribution in [3.63, 3.8) is 0 Å². The van der Waals surface area contributed by atoms with Gasteiger partial charge in [0.1, 0.15) is 17.0 Å². The van der Waals surface area contributed by atoms with Gasteiger partial charge in [-0.25, -0.2) is 4.98 Å². The molecule has 110 valence electrons. The van der Waals surface area contributed by atoms with Crippen molar-refractivity contribution in [2.45, 2.75) is 0 Å². The number of phenols is 1. The lowest BCUT2D eigenvalue weighted by molar-refractivity contribution is 0.474. The van der Waals surface area contributed by atoms with E-state index in [-0.39, 0.29) is 5.75 Å². The average molecular weight is 405 g/mol. The molecule has 0 aliphatic rings. The monoisotopic (exact) mass is 405 g/mol. The molecule has 0 saturated heterocycles. The molecular weight excluding hydrogens is 393 g/mol. The number of benzene rings is 1. The Hall–Kier alpha value is -2.35. The van der Waals surface area contributed by atoms with Gasteiger partial charge in [-0.3, -0.25) is 5.41 Å². The van der Waals surface area contributed by atoms with Crippen LogP contribution in [0.25, 0.3) is 22.4 Å². The van der Waals surface area contributed by atoms with Gasteiger partial charge in [-0.1, -0.05) is 0 Å². The van der Waals surface area contributed by atoms with E-state index in [2.05, 4.69) is 32.6 Å². The van der Waals surface area contributed by atoms with Crippen LogP contribution >= 0.6 is 22.6 Å². The number of nitrogens with zero attached hydrogens (tertiary/aromatic N) is 1. The van der Waals surface area contributed by atoms with Gasteiger partial charge >= 0.3 is 0 Å². The van der Waals surface area contributed by atoms with Crippen LogP contribution in [0.3, 0.4) is 0 Å². The van der Waals surface area contributed by atoms with Crippen molar-refractivity contribution in [1.29, 1.82) is 5.41 Å². The largest absolute Gasteiger partial charge is 0.508 e. The molecule has 2 aromatic heterocycles. The number of fused-ring (bicyclic) bond motifs is 1. The lowest BCUT2D eigenvalue weighted by Gasteiger charge is -2.03. The fraction of sp³-hybridized carbons (Fsp3) is 0. The van der Waals surface area contributed by atoms with Crippen molar-refractivity contribution in [2.24, 2.45) is 0 Å². The molecule has 3 rings (SSSR count). The molecule has 0 radical (unpaired) electrons. The van der Waals surface area contributed by atoms with Crippen molar-refractivity contribution in [2.75, 3.05) is 0 Å². The normalized spacial score (nSPS) is 10.4. The zero-order valence-corrected chi connectivity index (χ0v) is 13.5. The van der Waals surface area contributed by atoms with Gasteiger partial charge in [-0.2, -0.15) is 0 Å². The third-order valence-corrected chi connectivity index (χ3v) is 3.67. The van der Waals surface area contributed by atoms with E-state index in [0.717, 1.165) is 3.57 Å². The van der Waals surface area contributed by atoms with E-state index in [4.69, 9.17) is 9.83 Å². The van der Waals surface area contributed by atoms with E-state index in [0.29, 0.717) is 27.8 Å². The zero-order chi connectivity index (χ0) is 15.5. The van der Waals surface area contributed by atoms with Crippen LogP contribution in [-0.4, -0.2) is 15.1 Å². The van der Waals surface area contributed by atoms with E-state index in [9.17, 15) is 5.11 Å². The first-order chi connectivity index (χ1) is 10.6. The van der Waals surface area contributed by atoms with Gasteiger partial charge in [0.2, 0.25) is 0 Å². The molecule has 2 heterocycles. The molecule has 0 fully saturated rings. The Morgan fingerprint density at radius 3 is 2.91 bits per heavy atom. The molecule has 0 amide bonds. The van der Waals surface area contributed by atoms with Gasteiger partial charge in [0.25, 0.3) is 0 Å². The van der Waals surface area contributed by atoms with Crippen LogP contribution in [0, 0.1) is 8.98 Å². The van der Waals surface area contributed by atoms with E-state index < -0.39 is 0 Å². The Balaban J connectivity index is 2.29. The Kier molecular flexibility index (Phi) is 4.10. The minimum atomic E-state index is 0.0973. The maximum Gasteiger partial charge on any atom is 0.155 e. The highest BCUT2D eigenvalue weighted by Gasteiger charge is 2.06. The second-order valence-electron chi connectivity index (χ2n) is 4.57. The maximum absolute atomic E-state index is 9.59. The Labute approximate surface area is 139 Å². The van der Waals surface area contributed by atoms with Gasteiger partial charge < -0.3 is 14.5 Å². The van der Waals surface area contributed by atoms with Crippen LogP contribution in [0.1, 0.15) is 0 Å². The molecule has 0 aliphatic carbocycles. The van der Waals surface area contributed by atoms with Gasteiger partial charge in [-0.05, 0) is 52.9 Å². The van der Waals surface area contributed by atoms with E-state index in [1.165, 1.54) is 12.1 Å². The first kappa shape index (κ1) is 14.6. The predicted molar refractivity (Wildman–Crippen MR) is 91.7 cm³/mol. The van der Waals surface area contributed by atoms with Crippen molar-refractivity contribution in [3.05, 3.63) is 63.9 Å². The highest BCUT2D eigenvalue weighted by Crippen LogP contribution is 2.23. The van der Waals surface area contributed by atoms with Crippen LogP contribution in [-0.2, 0) is 0 Å². The molecule has 6 heteroatoms. The fourth-order valence-electron chi connectivity index (χ4n) is 2.00. The average Bonchev–Trinajstić information content (AvgIpc) is 2.58. The third kappa shape index (κ3) is 3.11. The summed E-state index contributed by atoms with van der Waals surface area (Å²) in [5, 5.41) is 18.7. The SMILES string of the molecule is N=c1cc(-c2cc(I)ccc[nH]cn2)oc2cc(O)ccc12. The fourth-order valence-corrected chi connectivity index (χ4v) is 2.50. The first-order valence-electron chi connectivity index (χ1n) is 6.48. The molecule has 3 N–H and O–H groups in total. The maximum atomic E-state index is 9.59. The van der Waals surface area contributed by atoms with Crippen molar-refractivity contribution in [1.82, 2.24) is 9.97 Å². The Bertz CT molecular complexity index is 945. The number of hydrogen-bond acceptors (Lipinski definition) is 4. The van der Waals surface area contributed by atoms with Crippen LogP contribution in [0.4, 0.5) is 0 Å². The predicted octanol–water partition coefficient (Wildman–Crippen LogP) is 3.74. The quantitative estimate of drug-likeness (QED) is 0.540. The van der Waals surface area contributed by atoms with E-state index in [1.807, 2.05) is 18.2 Å². The van der Waals surface area contributed by atoms with Crippen molar-refractivity contribution >= 4 is 33.6 Å². The number of hydrogen-bond donors (Lipinski definition) is 3. The molecule has 0 atom stereocenters. The smallest absolute Gasteiger partial charge is 0.155 e. The molecule has 5 nitrogen and oxygen atoms in total. The van der Waals surface area contributed by atoms with Crippen LogP contribution in [0.2, 0.25) is 0 Å². The van der Waals surface area contributed by atoms with Crippen molar-refractivity contribution in [3.8, 4) is 17.2 Å². The third-order valence-electron chi connectivity index (χ3n) is 3.00. The lowest BCUT2D eigenvalue weighted by atomic mass is 10.2. The topological polar surface area (TPSA) is 85.9 Å². The van der Waals surface area contributed by atoms with Crippen LogP contribution in [0.5, 0.6) is 5.75 Å². The minimum absolute atomic E-state index is 0.0973. The van der Waals surface area contributed by atoms with Crippen LogP contribution in [0.15, 0.2) is 59.4 Å². The summed E-state index contributed by atoms with van der Waals surface area (Å²) < 4.78 is 6.78. The standard InChI is InChI=1S/C16H12IN3O2/c17-10-2-1-5-19-9-20-14(6-10)16-8-13(18)12-4-3-11(21)7-15(12)22-16/h1-9,18,21H,(H,19,20).